The highest BCUT2D eigenvalue weighted by Crippen LogP contribution is 2.14. The lowest BCUT2D eigenvalue weighted by Gasteiger charge is -2.10. The number of methoxy groups -OCH3 is 1. The minimum absolute atomic E-state index is 0.407. The molecule has 2 aromatic rings. The second-order valence-electron chi connectivity index (χ2n) is 4.51. The fourth-order valence-corrected chi connectivity index (χ4v) is 2.05. The van der Waals surface area contributed by atoms with Crippen molar-refractivity contribution in [3.8, 4) is 0 Å². The zero-order valence-corrected chi connectivity index (χ0v) is 11.4. The van der Waals surface area contributed by atoms with Crippen LogP contribution in [0.4, 0.5) is 5.69 Å². The molecule has 0 saturated heterocycles. The van der Waals surface area contributed by atoms with Crippen LogP contribution in [0.2, 0.25) is 0 Å². The molecule has 104 valence electrons. The number of rotatable bonds is 6. The number of ether oxygens (including phenoxy) is 1. The molecule has 0 saturated carbocycles. The zero-order chi connectivity index (χ0) is 14.4. The quantitative estimate of drug-likeness (QED) is 0.847. The maximum Gasteiger partial charge on any atom is 0.249 e. The maximum absolute atomic E-state index is 11.4. The highest BCUT2D eigenvalue weighted by molar-refractivity contribution is 5.94. The van der Waals surface area contributed by atoms with E-state index < -0.39 is 5.91 Å². The van der Waals surface area contributed by atoms with Crippen LogP contribution in [0.25, 0.3) is 0 Å². The predicted octanol–water partition coefficient (Wildman–Crippen LogP) is 2.54. The lowest BCUT2D eigenvalue weighted by Crippen LogP contribution is -2.15. The molecular formula is C16H18N2O2. The van der Waals surface area contributed by atoms with Crippen molar-refractivity contribution < 1.29 is 9.53 Å². The summed E-state index contributed by atoms with van der Waals surface area (Å²) in [5.74, 6) is -0.407. The van der Waals surface area contributed by atoms with Crippen molar-refractivity contribution in [2.75, 3.05) is 12.4 Å². The molecule has 2 rings (SSSR count). The second kappa shape index (κ2) is 6.73. The van der Waals surface area contributed by atoms with Crippen LogP contribution in [0.1, 0.15) is 21.5 Å². The van der Waals surface area contributed by atoms with Crippen LogP contribution in [-0.2, 0) is 17.9 Å². The average molecular weight is 270 g/mol. The summed E-state index contributed by atoms with van der Waals surface area (Å²) in [6.45, 7) is 1.13. The van der Waals surface area contributed by atoms with Gasteiger partial charge in [-0.1, -0.05) is 30.3 Å². The summed E-state index contributed by atoms with van der Waals surface area (Å²) < 4.78 is 5.11. The number of benzene rings is 2. The third-order valence-corrected chi connectivity index (χ3v) is 3.00. The Hall–Kier alpha value is -2.33. The lowest BCUT2D eigenvalue weighted by atomic mass is 10.1. The highest BCUT2D eigenvalue weighted by atomic mass is 16.5. The van der Waals surface area contributed by atoms with Gasteiger partial charge in [-0.3, -0.25) is 4.79 Å². The van der Waals surface area contributed by atoms with E-state index in [1.807, 2.05) is 42.5 Å². The van der Waals surface area contributed by atoms with E-state index in [9.17, 15) is 4.79 Å². The van der Waals surface area contributed by atoms with Gasteiger partial charge in [-0.25, -0.2) is 0 Å². The molecule has 4 heteroatoms. The number of nitrogens with two attached hydrogens (primary N) is 1. The summed E-state index contributed by atoms with van der Waals surface area (Å²) in [7, 11) is 1.67. The standard InChI is InChI=1S/C16H18N2O2/c1-20-11-12-5-4-7-14(9-12)18-10-13-6-2-3-8-15(13)16(17)19/h2-9,18H,10-11H2,1H3,(H2,17,19). The lowest BCUT2D eigenvalue weighted by molar-refractivity contribution is 0.0999. The minimum atomic E-state index is -0.407. The SMILES string of the molecule is COCc1cccc(NCc2ccccc2C(N)=O)c1. The van der Waals surface area contributed by atoms with E-state index in [0.29, 0.717) is 18.7 Å². The van der Waals surface area contributed by atoms with E-state index in [2.05, 4.69) is 5.32 Å². The number of hydrogen-bond donors (Lipinski definition) is 2. The van der Waals surface area contributed by atoms with E-state index in [1.54, 1.807) is 13.2 Å². The Bertz CT molecular complexity index is 597. The van der Waals surface area contributed by atoms with E-state index in [1.165, 1.54) is 0 Å². The van der Waals surface area contributed by atoms with Crippen LogP contribution in [0.15, 0.2) is 48.5 Å². The van der Waals surface area contributed by atoms with Crippen molar-refractivity contribution in [1.29, 1.82) is 0 Å². The molecule has 0 fully saturated rings. The van der Waals surface area contributed by atoms with Crippen molar-refractivity contribution in [3.05, 3.63) is 65.2 Å². The molecule has 0 aliphatic heterocycles. The molecule has 0 unspecified atom stereocenters. The number of amides is 1. The van der Waals surface area contributed by atoms with E-state index in [-0.39, 0.29) is 0 Å². The number of anilines is 1. The molecule has 0 radical (unpaired) electrons. The molecule has 3 N–H and O–H groups in total. The first-order chi connectivity index (χ1) is 9.70. The number of primary amides is 1. The summed E-state index contributed by atoms with van der Waals surface area (Å²) in [4.78, 5) is 11.4. The Morgan fingerprint density at radius 2 is 2.00 bits per heavy atom. The third kappa shape index (κ3) is 3.59. The summed E-state index contributed by atoms with van der Waals surface area (Å²) >= 11 is 0. The van der Waals surface area contributed by atoms with Gasteiger partial charge in [-0.05, 0) is 29.3 Å². The summed E-state index contributed by atoms with van der Waals surface area (Å²) in [6.07, 6.45) is 0. The first-order valence-electron chi connectivity index (χ1n) is 6.40. The van der Waals surface area contributed by atoms with Gasteiger partial charge in [-0.15, -0.1) is 0 Å². The highest BCUT2D eigenvalue weighted by Gasteiger charge is 2.06. The summed E-state index contributed by atoms with van der Waals surface area (Å²) in [5, 5.41) is 3.29. The molecular weight excluding hydrogens is 252 g/mol. The van der Waals surface area contributed by atoms with Gasteiger partial charge in [0.05, 0.1) is 6.61 Å². The Labute approximate surface area is 118 Å². The molecule has 0 aromatic heterocycles. The van der Waals surface area contributed by atoms with E-state index >= 15 is 0 Å². The smallest absolute Gasteiger partial charge is 0.249 e. The second-order valence-corrected chi connectivity index (χ2v) is 4.51. The monoisotopic (exact) mass is 270 g/mol. The van der Waals surface area contributed by atoms with Crippen LogP contribution >= 0.6 is 0 Å². The number of hydrogen-bond acceptors (Lipinski definition) is 3. The van der Waals surface area contributed by atoms with Crippen molar-refractivity contribution in [2.24, 2.45) is 5.73 Å². The van der Waals surface area contributed by atoms with Gasteiger partial charge in [0.25, 0.3) is 0 Å². The van der Waals surface area contributed by atoms with Crippen molar-refractivity contribution in [1.82, 2.24) is 0 Å². The normalized spacial score (nSPS) is 10.2. The van der Waals surface area contributed by atoms with Crippen molar-refractivity contribution in [2.45, 2.75) is 13.2 Å². The zero-order valence-electron chi connectivity index (χ0n) is 11.4. The molecule has 0 aliphatic rings. The average Bonchev–Trinajstić information content (AvgIpc) is 2.46. The molecule has 0 atom stereocenters. The molecule has 0 aliphatic carbocycles. The van der Waals surface area contributed by atoms with E-state index in [0.717, 1.165) is 16.8 Å². The first kappa shape index (κ1) is 14.1. The van der Waals surface area contributed by atoms with Crippen LogP contribution in [0.3, 0.4) is 0 Å². The van der Waals surface area contributed by atoms with Crippen LogP contribution in [0, 0.1) is 0 Å². The fourth-order valence-electron chi connectivity index (χ4n) is 2.05. The topological polar surface area (TPSA) is 64.3 Å². The van der Waals surface area contributed by atoms with Crippen LogP contribution in [-0.4, -0.2) is 13.0 Å². The Kier molecular flexibility index (Phi) is 4.74. The van der Waals surface area contributed by atoms with Crippen LogP contribution in [0.5, 0.6) is 0 Å². The van der Waals surface area contributed by atoms with Crippen LogP contribution < -0.4 is 11.1 Å². The summed E-state index contributed by atoms with van der Waals surface area (Å²) in [6, 6.07) is 15.3. The molecule has 4 nitrogen and oxygen atoms in total. The molecule has 0 bridgehead atoms. The molecule has 20 heavy (non-hydrogen) atoms. The van der Waals surface area contributed by atoms with Gasteiger partial charge < -0.3 is 15.8 Å². The molecule has 0 spiro atoms. The fraction of sp³-hybridized carbons (Fsp3) is 0.188. The van der Waals surface area contributed by atoms with Gasteiger partial charge in [0.15, 0.2) is 0 Å². The van der Waals surface area contributed by atoms with Gasteiger partial charge in [-0.2, -0.15) is 0 Å². The number of carbonyl (C=O) groups excluding carboxylic acids is 1. The Morgan fingerprint density at radius 3 is 2.75 bits per heavy atom. The number of carbonyl (C=O) groups is 1. The maximum atomic E-state index is 11.4. The minimum Gasteiger partial charge on any atom is -0.381 e. The molecule has 2 aromatic carbocycles. The van der Waals surface area contributed by atoms with Crippen molar-refractivity contribution >= 4 is 11.6 Å². The Balaban J connectivity index is 2.09. The molecule has 1 amide bonds. The van der Waals surface area contributed by atoms with Gasteiger partial charge >= 0.3 is 0 Å². The third-order valence-electron chi connectivity index (χ3n) is 3.00. The number of nitrogens with one attached hydrogen (secondary N) is 1. The summed E-state index contributed by atoms with van der Waals surface area (Å²) in [5.41, 5.74) is 8.88. The molecule has 0 heterocycles. The van der Waals surface area contributed by atoms with Gasteiger partial charge in [0, 0.05) is 24.9 Å². The first-order valence-corrected chi connectivity index (χ1v) is 6.40. The van der Waals surface area contributed by atoms with Crippen molar-refractivity contribution in [3.63, 3.8) is 0 Å². The predicted molar refractivity (Wildman–Crippen MR) is 79.4 cm³/mol. The largest absolute Gasteiger partial charge is 0.381 e. The van der Waals surface area contributed by atoms with E-state index in [4.69, 9.17) is 10.5 Å². The van der Waals surface area contributed by atoms with Gasteiger partial charge in [0.2, 0.25) is 5.91 Å². The van der Waals surface area contributed by atoms with Gasteiger partial charge in [0.1, 0.15) is 0 Å². The Morgan fingerprint density at radius 1 is 1.20 bits per heavy atom.